The van der Waals surface area contributed by atoms with Crippen molar-refractivity contribution in [2.75, 3.05) is 31.6 Å². The number of nitrogens with zero attached hydrogens (tertiary/aromatic N) is 2. The number of esters is 1. The summed E-state index contributed by atoms with van der Waals surface area (Å²) in [7, 11) is 0. The zero-order valence-corrected chi connectivity index (χ0v) is 19.7. The van der Waals surface area contributed by atoms with Gasteiger partial charge in [0.25, 0.3) is 0 Å². The maximum atomic E-state index is 13.2. The lowest BCUT2D eigenvalue weighted by atomic mass is 9.93. The van der Waals surface area contributed by atoms with E-state index in [2.05, 4.69) is 24.4 Å². The average molecular weight is 452 g/mol. The molecule has 0 saturated heterocycles. The summed E-state index contributed by atoms with van der Waals surface area (Å²) in [5.41, 5.74) is 3.43. The average Bonchev–Trinajstić information content (AvgIpc) is 2.82. The molecule has 1 heterocycles. The predicted octanol–water partition coefficient (Wildman–Crippen LogP) is 4.64. The molecule has 0 saturated carbocycles. The molecule has 3 rings (SSSR count). The van der Waals surface area contributed by atoms with E-state index in [0.29, 0.717) is 30.9 Å². The molecule has 33 heavy (non-hydrogen) atoms. The number of nitrogens with one attached hydrogen (secondary N) is 1. The van der Waals surface area contributed by atoms with Crippen LogP contribution in [0, 0.1) is 0 Å². The van der Waals surface area contributed by atoms with Gasteiger partial charge in [0, 0.05) is 18.8 Å². The third-order valence-corrected chi connectivity index (χ3v) is 5.96. The third kappa shape index (κ3) is 6.12. The van der Waals surface area contributed by atoms with Crippen molar-refractivity contribution in [1.29, 1.82) is 0 Å². The highest BCUT2D eigenvalue weighted by Crippen LogP contribution is 2.29. The van der Waals surface area contributed by atoms with Crippen LogP contribution in [0.25, 0.3) is 0 Å². The first-order chi connectivity index (χ1) is 15.9. The van der Waals surface area contributed by atoms with Crippen LogP contribution in [0.5, 0.6) is 0 Å². The Morgan fingerprint density at radius 2 is 1.82 bits per heavy atom. The first-order valence-electron chi connectivity index (χ1n) is 11.6. The van der Waals surface area contributed by atoms with E-state index in [0.717, 1.165) is 19.3 Å². The highest BCUT2D eigenvalue weighted by Gasteiger charge is 2.29. The van der Waals surface area contributed by atoms with Crippen molar-refractivity contribution in [2.45, 2.75) is 46.1 Å². The van der Waals surface area contributed by atoms with Crippen molar-refractivity contribution in [3.8, 4) is 0 Å². The van der Waals surface area contributed by atoms with E-state index in [1.54, 1.807) is 36.1 Å². The van der Waals surface area contributed by atoms with Gasteiger partial charge in [-0.1, -0.05) is 37.6 Å². The van der Waals surface area contributed by atoms with E-state index in [1.807, 2.05) is 24.0 Å². The number of hydrogen-bond acceptors (Lipinski definition) is 4. The van der Waals surface area contributed by atoms with Crippen LogP contribution in [-0.4, -0.2) is 53.9 Å². The molecule has 0 bridgehead atoms. The van der Waals surface area contributed by atoms with Gasteiger partial charge in [0.1, 0.15) is 6.54 Å². The van der Waals surface area contributed by atoms with Crippen molar-refractivity contribution in [3.05, 3.63) is 65.2 Å². The molecule has 1 unspecified atom stereocenters. The molecule has 2 aromatic carbocycles. The van der Waals surface area contributed by atoms with Crippen LogP contribution in [0.4, 0.5) is 10.5 Å². The first kappa shape index (κ1) is 24.3. The Labute approximate surface area is 195 Å². The summed E-state index contributed by atoms with van der Waals surface area (Å²) in [6.45, 7) is 7.32. The molecule has 0 spiro atoms. The molecule has 1 aliphatic rings. The van der Waals surface area contributed by atoms with E-state index in [4.69, 9.17) is 4.74 Å². The van der Waals surface area contributed by atoms with Gasteiger partial charge in [-0.15, -0.1) is 0 Å². The summed E-state index contributed by atoms with van der Waals surface area (Å²) in [4.78, 5) is 41.4. The molecule has 1 N–H and O–H groups in total. The lowest BCUT2D eigenvalue weighted by molar-refractivity contribution is -0.134. The van der Waals surface area contributed by atoms with Gasteiger partial charge in [-0.2, -0.15) is 0 Å². The SMILES string of the molecule is CCCCN(CC(=O)N1CCc2ccccc2C1C)C(=O)Nc1ccc(C(=O)OCC)cc1. The number of anilines is 1. The lowest BCUT2D eigenvalue weighted by Gasteiger charge is -2.36. The van der Waals surface area contributed by atoms with Crippen molar-refractivity contribution in [1.82, 2.24) is 9.80 Å². The van der Waals surface area contributed by atoms with E-state index >= 15 is 0 Å². The summed E-state index contributed by atoms with van der Waals surface area (Å²) in [5.74, 6) is -0.455. The molecular formula is C26H33N3O4. The molecule has 0 aliphatic carbocycles. The summed E-state index contributed by atoms with van der Waals surface area (Å²) >= 11 is 0. The molecule has 1 atom stereocenters. The van der Waals surface area contributed by atoms with Crippen LogP contribution in [-0.2, 0) is 16.0 Å². The highest BCUT2D eigenvalue weighted by atomic mass is 16.5. The topological polar surface area (TPSA) is 79.0 Å². The fourth-order valence-electron chi connectivity index (χ4n) is 4.07. The Hall–Kier alpha value is -3.35. The fraction of sp³-hybridized carbons (Fsp3) is 0.423. The minimum atomic E-state index is -0.400. The minimum Gasteiger partial charge on any atom is -0.462 e. The van der Waals surface area contributed by atoms with E-state index < -0.39 is 5.97 Å². The predicted molar refractivity (Wildman–Crippen MR) is 128 cm³/mol. The number of amides is 3. The number of hydrogen-bond donors (Lipinski definition) is 1. The van der Waals surface area contributed by atoms with Gasteiger partial charge >= 0.3 is 12.0 Å². The van der Waals surface area contributed by atoms with Crippen LogP contribution in [0.15, 0.2) is 48.5 Å². The summed E-state index contributed by atoms with van der Waals surface area (Å²) in [5, 5.41) is 2.85. The van der Waals surface area contributed by atoms with Crippen LogP contribution >= 0.6 is 0 Å². The zero-order chi connectivity index (χ0) is 23.8. The summed E-state index contributed by atoms with van der Waals surface area (Å²) in [6.07, 6.45) is 2.54. The van der Waals surface area contributed by atoms with Crippen molar-refractivity contribution >= 4 is 23.6 Å². The minimum absolute atomic E-state index is 0.0195. The Kier molecular flexibility index (Phi) is 8.46. The second kappa shape index (κ2) is 11.5. The standard InChI is InChI=1S/C26H33N3O4/c1-4-6-16-28(26(32)27-22-13-11-21(12-14-22)25(31)33-5-2)18-24(30)29-17-15-20-9-7-8-10-23(20)19(29)3/h7-14,19H,4-6,15-18H2,1-3H3,(H,27,32). The molecule has 1 aliphatic heterocycles. The van der Waals surface area contributed by atoms with E-state index in [-0.39, 0.29) is 24.5 Å². The molecule has 2 aromatic rings. The maximum Gasteiger partial charge on any atom is 0.338 e. The smallest absolute Gasteiger partial charge is 0.338 e. The lowest BCUT2D eigenvalue weighted by Crippen LogP contribution is -2.47. The largest absolute Gasteiger partial charge is 0.462 e. The maximum absolute atomic E-state index is 13.2. The fourth-order valence-corrected chi connectivity index (χ4v) is 4.07. The normalized spacial score (nSPS) is 14.9. The second-order valence-corrected chi connectivity index (χ2v) is 8.22. The van der Waals surface area contributed by atoms with Gasteiger partial charge in [-0.05, 0) is 62.1 Å². The number of fused-ring (bicyclic) bond motifs is 1. The Balaban J connectivity index is 1.66. The van der Waals surface area contributed by atoms with E-state index in [1.165, 1.54) is 11.1 Å². The Bertz CT molecular complexity index is 974. The number of benzene rings is 2. The number of ether oxygens (including phenoxy) is 1. The third-order valence-electron chi connectivity index (χ3n) is 5.96. The number of unbranched alkanes of at least 4 members (excludes halogenated alkanes) is 1. The number of urea groups is 1. The van der Waals surface area contributed by atoms with Crippen LogP contribution in [0.1, 0.15) is 61.1 Å². The Morgan fingerprint density at radius 3 is 2.52 bits per heavy atom. The number of carbonyl (C=O) groups is 3. The molecule has 0 aromatic heterocycles. The van der Waals surface area contributed by atoms with Crippen molar-refractivity contribution < 1.29 is 19.1 Å². The molecule has 0 radical (unpaired) electrons. The molecule has 7 heteroatoms. The van der Waals surface area contributed by atoms with Gasteiger partial charge in [-0.25, -0.2) is 9.59 Å². The molecule has 7 nitrogen and oxygen atoms in total. The van der Waals surface area contributed by atoms with Crippen molar-refractivity contribution in [2.24, 2.45) is 0 Å². The molecule has 3 amide bonds. The first-order valence-corrected chi connectivity index (χ1v) is 11.6. The zero-order valence-electron chi connectivity index (χ0n) is 19.7. The van der Waals surface area contributed by atoms with Crippen LogP contribution < -0.4 is 5.32 Å². The molecular weight excluding hydrogens is 418 g/mol. The van der Waals surface area contributed by atoms with Crippen LogP contribution in [0.2, 0.25) is 0 Å². The summed E-state index contributed by atoms with van der Waals surface area (Å²) < 4.78 is 4.99. The summed E-state index contributed by atoms with van der Waals surface area (Å²) in [6, 6.07) is 14.4. The molecule has 176 valence electrons. The number of carbonyl (C=O) groups excluding carboxylic acids is 3. The van der Waals surface area contributed by atoms with E-state index in [9.17, 15) is 14.4 Å². The van der Waals surface area contributed by atoms with Crippen molar-refractivity contribution in [3.63, 3.8) is 0 Å². The van der Waals surface area contributed by atoms with Gasteiger partial charge in [0.2, 0.25) is 5.91 Å². The van der Waals surface area contributed by atoms with Gasteiger partial charge in [0.15, 0.2) is 0 Å². The quantitative estimate of drug-likeness (QED) is 0.593. The number of rotatable bonds is 8. The van der Waals surface area contributed by atoms with Gasteiger partial charge in [-0.3, -0.25) is 4.79 Å². The van der Waals surface area contributed by atoms with Gasteiger partial charge < -0.3 is 19.9 Å². The second-order valence-electron chi connectivity index (χ2n) is 8.22. The monoisotopic (exact) mass is 451 g/mol. The van der Waals surface area contributed by atoms with Crippen LogP contribution in [0.3, 0.4) is 0 Å². The highest BCUT2D eigenvalue weighted by molar-refractivity contribution is 5.94. The molecule has 0 fully saturated rings. The van der Waals surface area contributed by atoms with Gasteiger partial charge in [0.05, 0.1) is 18.2 Å². The Morgan fingerprint density at radius 1 is 1.09 bits per heavy atom.